The first-order chi connectivity index (χ1) is 12.1. The van der Waals surface area contributed by atoms with E-state index in [0.717, 1.165) is 48.6 Å². The van der Waals surface area contributed by atoms with Crippen molar-refractivity contribution in [1.82, 2.24) is 4.90 Å². The number of ether oxygens (including phenoxy) is 2. The molecule has 2 aromatic carbocycles. The molecule has 4 rings (SSSR count). The normalized spacial score (nSPS) is 15.4. The van der Waals surface area contributed by atoms with Gasteiger partial charge >= 0.3 is 0 Å². The highest BCUT2D eigenvalue weighted by atomic mass is 19.1. The molecule has 1 fully saturated rings. The van der Waals surface area contributed by atoms with Crippen molar-refractivity contribution in [2.45, 2.75) is 32.9 Å². The summed E-state index contributed by atoms with van der Waals surface area (Å²) in [4.78, 5) is 2.38. The van der Waals surface area contributed by atoms with Crippen LogP contribution in [0.4, 0.5) is 4.39 Å². The van der Waals surface area contributed by atoms with Crippen LogP contribution in [0, 0.1) is 12.7 Å². The van der Waals surface area contributed by atoms with Crippen molar-refractivity contribution >= 4 is 5.70 Å². The summed E-state index contributed by atoms with van der Waals surface area (Å²) in [6.07, 6.45) is 2.27. The average molecular weight is 339 g/mol. The SMILES string of the molecule is COc1ccc2c(c1OC)C(=C1CC1)N(Cc1ccc(F)c(C)c1)C2. The molecule has 2 aliphatic rings. The van der Waals surface area contributed by atoms with Crippen LogP contribution in [0.5, 0.6) is 11.5 Å². The zero-order chi connectivity index (χ0) is 17.6. The van der Waals surface area contributed by atoms with Gasteiger partial charge in [-0.3, -0.25) is 0 Å². The Morgan fingerprint density at radius 1 is 1.08 bits per heavy atom. The van der Waals surface area contributed by atoms with Crippen molar-refractivity contribution < 1.29 is 13.9 Å². The minimum atomic E-state index is -0.152. The first kappa shape index (κ1) is 16.0. The summed E-state index contributed by atoms with van der Waals surface area (Å²) in [5.74, 6) is 1.42. The van der Waals surface area contributed by atoms with Gasteiger partial charge in [-0.1, -0.05) is 18.2 Å². The summed E-state index contributed by atoms with van der Waals surface area (Å²) in [7, 11) is 3.36. The molecule has 2 aromatic rings. The zero-order valence-corrected chi connectivity index (χ0v) is 14.9. The molecule has 0 aromatic heterocycles. The van der Waals surface area contributed by atoms with Gasteiger partial charge in [-0.05, 0) is 54.2 Å². The maximum atomic E-state index is 13.6. The maximum absolute atomic E-state index is 13.6. The first-order valence-corrected chi connectivity index (χ1v) is 8.58. The molecule has 0 amide bonds. The number of benzene rings is 2. The molecule has 0 N–H and O–H groups in total. The van der Waals surface area contributed by atoms with E-state index in [-0.39, 0.29) is 5.82 Å². The second-order valence-electron chi connectivity index (χ2n) is 6.73. The van der Waals surface area contributed by atoms with Gasteiger partial charge in [0.1, 0.15) is 5.82 Å². The number of fused-ring (bicyclic) bond motifs is 1. The predicted octanol–water partition coefficient (Wildman–Crippen LogP) is 4.67. The van der Waals surface area contributed by atoms with E-state index >= 15 is 0 Å². The van der Waals surface area contributed by atoms with E-state index in [2.05, 4.69) is 11.0 Å². The van der Waals surface area contributed by atoms with Gasteiger partial charge in [0.2, 0.25) is 0 Å². The van der Waals surface area contributed by atoms with E-state index in [1.165, 1.54) is 16.8 Å². The Morgan fingerprint density at radius 3 is 2.52 bits per heavy atom. The van der Waals surface area contributed by atoms with Crippen molar-refractivity contribution in [1.29, 1.82) is 0 Å². The number of halogens is 1. The summed E-state index contributed by atoms with van der Waals surface area (Å²) < 4.78 is 24.7. The summed E-state index contributed by atoms with van der Waals surface area (Å²) in [5, 5.41) is 0. The van der Waals surface area contributed by atoms with E-state index in [4.69, 9.17) is 9.47 Å². The fraction of sp³-hybridized carbons (Fsp3) is 0.333. The van der Waals surface area contributed by atoms with Crippen LogP contribution in [-0.2, 0) is 13.1 Å². The smallest absolute Gasteiger partial charge is 0.170 e. The number of hydrogen-bond donors (Lipinski definition) is 0. The number of aryl methyl sites for hydroxylation is 1. The van der Waals surface area contributed by atoms with Crippen molar-refractivity contribution in [2.75, 3.05) is 14.2 Å². The molecule has 0 radical (unpaired) electrons. The summed E-state index contributed by atoms with van der Waals surface area (Å²) in [5.41, 5.74) is 6.96. The molecule has 0 saturated heterocycles. The Kier molecular flexibility index (Phi) is 3.91. The van der Waals surface area contributed by atoms with Crippen LogP contribution in [0.3, 0.4) is 0 Å². The Bertz CT molecular complexity index is 866. The van der Waals surface area contributed by atoms with Gasteiger partial charge in [0.15, 0.2) is 11.5 Å². The summed E-state index contributed by atoms with van der Waals surface area (Å²) in [6, 6.07) is 9.46. The quantitative estimate of drug-likeness (QED) is 0.808. The molecular weight excluding hydrogens is 317 g/mol. The van der Waals surface area contributed by atoms with E-state index in [9.17, 15) is 4.39 Å². The third-order valence-corrected chi connectivity index (χ3v) is 4.98. The van der Waals surface area contributed by atoms with Crippen LogP contribution < -0.4 is 9.47 Å². The van der Waals surface area contributed by atoms with Crippen LogP contribution in [0.15, 0.2) is 35.9 Å². The standard InChI is InChI=1S/C21H22FNO2/c1-13-10-14(4-8-17(13)22)11-23-12-16-7-9-18(24-2)21(25-3)19(16)20(23)15-5-6-15/h4,7-10H,5-6,11-12H2,1-3H3. The lowest BCUT2D eigenvalue weighted by Crippen LogP contribution is -2.15. The van der Waals surface area contributed by atoms with Crippen LogP contribution in [0.2, 0.25) is 0 Å². The zero-order valence-electron chi connectivity index (χ0n) is 14.9. The average Bonchev–Trinajstić information content (AvgIpc) is 3.38. The largest absolute Gasteiger partial charge is 0.493 e. The Labute approximate surface area is 147 Å². The second kappa shape index (κ2) is 6.10. The van der Waals surface area contributed by atoms with Crippen LogP contribution in [0.1, 0.15) is 35.1 Å². The molecule has 130 valence electrons. The van der Waals surface area contributed by atoms with Crippen LogP contribution in [0.25, 0.3) is 5.70 Å². The third kappa shape index (κ3) is 2.76. The van der Waals surface area contributed by atoms with Crippen LogP contribution >= 0.6 is 0 Å². The highest BCUT2D eigenvalue weighted by Crippen LogP contribution is 2.50. The van der Waals surface area contributed by atoms with Gasteiger partial charge in [0.05, 0.1) is 14.2 Å². The molecule has 1 aliphatic carbocycles. The van der Waals surface area contributed by atoms with Crippen molar-refractivity contribution in [3.63, 3.8) is 0 Å². The molecule has 4 heteroatoms. The van der Waals surface area contributed by atoms with Gasteiger partial charge in [-0.25, -0.2) is 4.39 Å². The molecular formula is C21H22FNO2. The fourth-order valence-corrected chi connectivity index (χ4v) is 3.66. The van der Waals surface area contributed by atoms with Crippen molar-refractivity contribution in [3.8, 4) is 11.5 Å². The van der Waals surface area contributed by atoms with Gasteiger partial charge in [0, 0.05) is 24.4 Å². The van der Waals surface area contributed by atoms with Gasteiger partial charge in [0.25, 0.3) is 0 Å². The lowest BCUT2D eigenvalue weighted by Gasteiger charge is -2.21. The van der Waals surface area contributed by atoms with E-state index in [1.54, 1.807) is 20.3 Å². The van der Waals surface area contributed by atoms with Crippen molar-refractivity contribution in [3.05, 3.63) is 64.0 Å². The molecule has 3 nitrogen and oxygen atoms in total. The number of rotatable bonds is 4. The van der Waals surface area contributed by atoms with E-state index in [0.29, 0.717) is 5.56 Å². The van der Waals surface area contributed by atoms with E-state index in [1.807, 2.05) is 25.1 Å². The molecule has 0 spiro atoms. The third-order valence-electron chi connectivity index (χ3n) is 4.98. The Morgan fingerprint density at radius 2 is 1.88 bits per heavy atom. The molecule has 1 heterocycles. The van der Waals surface area contributed by atoms with Gasteiger partial charge < -0.3 is 14.4 Å². The summed E-state index contributed by atoms with van der Waals surface area (Å²) in [6.45, 7) is 3.41. The minimum Gasteiger partial charge on any atom is -0.493 e. The van der Waals surface area contributed by atoms with E-state index < -0.39 is 0 Å². The monoisotopic (exact) mass is 339 g/mol. The topological polar surface area (TPSA) is 21.7 Å². The van der Waals surface area contributed by atoms with Crippen molar-refractivity contribution in [2.24, 2.45) is 0 Å². The number of hydrogen-bond acceptors (Lipinski definition) is 3. The highest BCUT2D eigenvalue weighted by molar-refractivity contribution is 5.81. The number of methoxy groups -OCH3 is 2. The molecule has 1 aliphatic heterocycles. The number of allylic oxidation sites excluding steroid dienone is 1. The van der Waals surface area contributed by atoms with Crippen LogP contribution in [-0.4, -0.2) is 19.1 Å². The molecule has 25 heavy (non-hydrogen) atoms. The predicted molar refractivity (Wildman–Crippen MR) is 96.1 cm³/mol. The maximum Gasteiger partial charge on any atom is 0.170 e. The van der Waals surface area contributed by atoms with Gasteiger partial charge in [-0.2, -0.15) is 0 Å². The Balaban J connectivity index is 1.74. The minimum absolute atomic E-state index is 0.152. The summed E-state index contributed by atoms with van der Waals surface area (Å²) >= 11 is 0. The lowest BCUT2D eigenvalue weighted by molar-refractivity contribution is 0.353. The second-order valence-corrected chi connectivity index (χ2v) is 6.73. The Hall–Kier alpha value is -2.49. The van der Waals surface area contributed by atoms with Gasteiger partial charge in [-0.15, -0.1) is 0 Å². The number of nitrogens with zero attached hydrogens (tertiary/aromatic N) is 1. The fourth-order valence-electron chi connectivity index (χ4n) is 3.66. The molecule has 1 saturated carbocycles. The lowest BCUT2D eigenvalue weighted by atomic mass is 10.1. The molecule has 0 atom stereocenters. The first-order valence-electron chi connectivity index (χ1n) is 8.58. The highest BCUT2D eigenvalue weighted by Gasteiger charge is 2.34. The molecule has 0 unspecified atom stereocenters. The molecule has 0 bridgehead atoms.